The summed E-state index contributed by atoms with van der Waals surface area (Å²) >= 11 is 5.38. The molecule has 0 unspecified atom stereocenters. The molecule has 0 fully saturated rings. The molecule has 0 N–H and O–H groups in total. The summed E-state index contributed by atoms with van der Waals surface area (Å²) in [6.07, 6.45) is 0. The lowest BCUT2D eigenvalue weighted by atomic mass is 10.1. The Morgan fingerprint density at radius 3 is 2.37 bits per heavy atom. The van der Waals surface area contributed by atoms with Gasteiger partial charge in [0.25, 0.3) is 5.56 Å². The fourth-order valence-corrected chi connectivity index (χ4v) is 5.79. The van der Waals surface area contributed by atoms with Gasteiger partial charge in [0.1, 0.15) is 0 Å². The van der Waals surface area contributed by atoms with E-state index in [-0.39, 0.29) is 5.56 Å². The Bertz CT molecular complexity index is 1550. The summed E-state index contributed by atoms with van der Waals surface area (Å²) in [5.74, 6) is 0. The van der Waals surface area contributed by atoms with Crippen LogP contribution >= 0.6 is 27.3 Å². The molecule has 3 heterocycles. The van der Waals surface area contributed by atoms with Crippen LogP contribution in [0.25, 0.3) is 47.7 Å². The smallest absolute Gasteiger partial charge is 0.263 e. The highest BCUT2D eigenvalue weighted by Crippen LogP contribution is 2.46. The van der Waals surface area contributed by atoms with E-state index in [2.05, 4.69) is 52.3 Å². The Hall–Kier alpha value is -2.69. The predicted octanol–water partition coefficient (Wildman–Crippen LogP) is 6.69. The topological polar surface area (TPSA) is 21.5 Å². The number of hydrogen-bond acceptors (Lipinski definition) is 2. The normalized spacial score (nSPS) is 12.0. The Labute approximate surface area is 166 Å². The van der Waals surface area contributed by atoms with Crippen LogP contribution in [0.15, 0.2) is 82.1 Å². The first-order chi connectivity index (χ1) is 13.2. The Morgan fingerprint density at radius 2 is 1.56 bits per heavy atom. The van der Waals surface area contributed by atoms with Crippen LogP contribution in [0.1, 0.15) is 0 Å². The summed E-state index contributed by atoms with van der Waals surface area (Å²) in [6.45, 7) is 0. The van der Waals surface area contributed by atoms with E-state index in [1.165, 1.54) is 20.5 Å². The standard InChI is InChI=1S/C23H12BrNOS/c24-14-10-11-18-17(12-14)19-20-22(27-21(19)13-6-2-1-3-7-13)15-8-4-5-9-16(15)23(26)25(18)20/h1-12H. The van der Waals surface area contributed by atoms with Crippen LogP contribution in [-0.2, 0) is 0 Å². The van der Waals surface area contributed by atoms with Crippen molar-refractivity contribution < 1.29 is 0 Å². The van der Waals surface area contributed by atoms with Crippen LogP contribution in [0.3, 0.4) is 0 Å². The minimum absolute atomic E-state index is 0.0536. The maximum Gasteiger partial charge on any atom is 0.263 e. The number of aromatic nitrogens is 1. The van der Waals surface area contributed by atoms with Crippen LogP contribution < -0.4 is 5.56 Å². The van der Waals surface area contributed by atoms with Crippen LogP contribution in [0.2, 0.25) is 0 Å². The second-order valence-corrected chi connectivity index (χ2v) is 8.63. The summed E-state index contributed by atoms with van der Waals surface area (Å²) in [7, 11) is 0. The SMILES string of the molecule is O=c1c2ccccc2c2sc(-c3ccccc3)c3c4cc(Br)ccc4n1c23. The second-order valence-electron chi connectivity index (χ2n) is 6.70. The van der Waals surface area contributed by atoms with Gasteiger partial charge in [-0.25, -0.2) is 0 Å². The van der Waals surface area contributed by atoms with Crippen molar-refractivity contribution in [2.75, 3.05) is 0 Å². The molecule has 2 nitrogen and oxygen atoms in total. The number of pyridine rings is 1. The van der Waals surface area contributed by atoms with Gasteiger partial charge in [-0.05, 0) is 29.8 Å². The van der Waals surface area contributed by atoms with Gasteiger partial charge in [-0.15, -0.1) is 11.3 Å². The van der Waals surface area contributed by atoms with E-state index in [4.69, 9.17) is 0 Å². The number of rotatable bonds is 1. The summed E-state index contributed by atoms with van der Waals surface area (Å²) in [4.78, 5) is 14.6. The maximum absolute atomic E-state index is 13.4. The highest BCUT2D eigenvalue weighted by atomic mass is 79.9. The predicted molar refractivity (Wildman–Crippen MR) is 118 cm³/mol. The van der Waals surface area contributed by atoms with E-state index >= 15 is 0 Å². The number of benzene rings is 3. The lowest BCUT2D eigenvalue weighted by Gasteiger charge is -2.03. The van der Waals surface area contributed by atoms with Crippen LogP contribution in [0.4, 0.5) is 0 Å². The summed E-state index contributed by atoms with van der Waals surface area (Å²) in [5, 5.41) is 4.09. The molecule has 0 radical (unpaired) electrons. The molecule has 0 saturated heterocycles. The van der Waals surface area contributed by atoms with Crippen molar-refractivity contribution in [3.05, 3.63) is 87.6 Å². The van der Waals surface area contributed by atoms with E-state index in [0.29, 0.717) is 0 Å². The average molecular weight is 430 g/mol. The zero-order chi connectivity index (χ0) is 18.1. The zero-order valence-electron chi connectivity index (χ0n) is 14.1. The third kappa shape index (κ3) is 1.97. The first kappa shape index (κ1) is 15.4. The maximum atomic E-state index is 13.4. The van der Waals surface area contributed by atoms with E-state index in [1.54, 1.807) is 11.3 Å². The number of hydrogen-bond donors (Lipinski definition) is 0. The molecule has 0 aliphatic carbocycles. The Balaban J connectivity index is 1.99. The first-order valence-corrected chi connectivity index (χ1v) is 10.3. The van der Waals surface area contributed by atoms with Gasteiger partial charge < -0.3 is 0 Å². The number of halogens is 1. The molecule has 0 atom stereocenters. The molecule has 0 aliphatic heterocycles. The molecule has 0 spiro atoms. The average Bonchev–Trinajstić information content (AvgIpc) is 3.24. The molecule has 27 heavy (non-hydrogen) atoms. The molecule has 0 bridgehead atoms. The summed E-state index contributed by atoms with van der Waals surface area (Å²) in [5.41, 5.74) is 3.24. The quantitative estimate of drug-likeness (QED) is 0.285. The van der Waals surface area contributed by atoms with Crippen LogP contribution in [-0.4, -0.2) is 4.40 Å². The Morgan fingerprint density at radius 1 is 0.815 bits per heavy atom. The van der Waals surface area contributed by atoms with Gasteiger partial charge >= 0.3 is 0 Å². The van der Waals surface area contributed by atoms with Crippen molar-refractivity contribution >= 4 is 64.5 Å². The molecule has 0 aliphatic rings. The highest BCUT2D eigenvalue weighted by molar-refractivity contribution is 9.10. The molecule has 3 aromatic carbocycles. The molecule has 4 heteroatoms. The first-order valence-electron chi connectivity index (χ1n) is 8.70. The van der Waals surface area contributed by atoms with Gasteiger partial charge in [0.2, 0.25) is 0 Å². The van der Waals surface area contributed by atoms with E-state index in [1.807, 2.05) is 40.8 Å². The summed E-state index contributed by atoms with van der Waals surface area (Å²) < 4.78 is 4.09. The van der Waals surface area contributed by atoms with Crippen molar-refractivity contribution in [1.29, 1.82) is 0 Å². The van der Waals surface area contributed by atoms with Gasteiger partial charge in [-0.3, -0.25) is 9.20 Å². The number of nitrogens with zero attached hydrogens (tertiary/aromatic N) is 1. The molecule has 0 saturated carbocycles. The minimum atomic E-state index is 0.0536. The van der Waals surface area contributed by atoms with Gasteiger partial charge in [-0.1, -0.05) is 64.5 Å². The van der Waals surface area contributed by atoms with E-state index < -0.39 is 0 Å². The van der Waals surface area contributed by atoms with E-state index in [0.717, 1.165) is 31.7 Å². The third-order valence-corrected chi connectivity index (χ3v) is 6.97. The van der Waals surface area contributed by atoms with E-state index in [9.17, 15) is 4.79 Å². The van der Waals surface area contributed by atoms with Crippen molar-refractivity contribution in [2.24, 2.45) is 0 Å². The Kier molecular flexibility index (Phi) is 3.08. The molecule has 6 aromatic rings. The van der Waals surface area contributed by atoms with Gasteiger partial charge in [0, 0.05) is 30.9 Å². The second kappa shape index (κ2) is 5.41. The third-order valence-electron chi connectivity index (χ3n) is 5.22. The van der Waals surface area contributed by atoms with Crippen molar-refractivity contribution in [1.82, 2.24) is 4.40 Å². The number of thiophene rings is 1. The molecule has 0 amide bonds. The van der Waals surface area contributed by atoms with Crippen LogP contribution in [0, 0.1) is 0 Å². The zero-order valence-corrected chi connectivity index (χ0v) is 16.5. The monoisotopic (exact) mass is 429 g/mol. The van der Waals surface area contributed by atoms with Gasteiger partial charge in [0.15, 0.2) is 0 Å². The molecule has 128 valence electrons. The minimum Gasteiger partial charge on any atom is -0.274 e. The fourth-order valence-electron chi connectivity index (χ4n) is 4.08. The fraction of sp³-hybridized carbons (Fsp3) is 0. The lowest BCUT2D eigenvalue weighted by molar-refractivity contribution is 1.21. The van der Waals surface area contributed by atoms with Crippen molar-refractivity contribution in [2.45, 2.75) is 0 Å². The van der Waals surface area contributed by atoms with Crippen molar-refractivity contribution in [3.8, 4) is 10.4 Å². The molecule has 6 rings (SSSR count). The highest BCUT2D eigenvalue weighted by Gasteiger charge is 2.22. The molecular formula is C23H12BrNOS. The number of fused-ring (bicyclic) bond motifs is 5. The lowest BCUT2D eigenvalue weighted by Crippen LogP contribution is -2.12. The summed E-state index contributed by atoms with van der Waals surface area (Å²) in [6, 6.07) is 24.5. The largest absolute Gasteiger partial charge is 0.274 e. The molecular weight excluding hydrogens is 418 g/mol. The van der Waals surface area contributed by atoms with Gasteiger partial charge in [0.05, 0.1) is 15.7 Å². The molecule has 3 aromatic heterocycles. The van der Waals surface area contributed by atoms with Crippen molar-refractivity contribution in [3.63, 3.8) is 0 Å². The van der Waals surface area contributed by atoms with Crippen LogP contribution in [0.5, 0.6) is 0 Å². The van der Waals surface area contributed by atoms with Gasteiger partial charge in [-0.2, -0.15) is 0 Å².